The lowest BCUT2D eigenvalue weighted by Crippen LogP contribution is -2.36. The number of fused-ring (bicyclic) bond motifs is 7. The number of rotatable bonds is 2. The molecule has 21 heavy (non-hydrogen) atoms. The summed E-state index contributed by atoms with van der Waals surface area (Å²) in [6.45, 7) is 2.29. The molecule has 3 aliphatic carbocycles. The highest BCUT2D eigenvalue weighted by atomic mass is 16.6. The molecular formula is C18H20O3. The van der Waals surface area contributed by atoms with Gasteiger partial charge in [-0.2, -0.15) is 0 Å². The van der Waals surface area contributed by atoms with Crippen LogP contribution in [-0.2, 0) is 9.47 Å². The average Bonchev–Trinajstić information content (AvgIpc) is 2.84. The van der Waals surface area contributed by atoms with E-state index in [0.717, 1.165) is 18.3 Å². The number of carbonyl (C=O) groups is 1. The summed E-state index contributed by atoms with van der Waals surface area (Å²) in [5.74, 6) is 2.56. The summed E-state index contributed by atoms with van der Waals surface area (Å²) in [5, 5.41) is 0. The quantitative estimate of drug-likeness (QED) is 0.619. The lowest BCUT2D eigenvalue weighted by Gasteiger charge is -2.34. The third-order valence-electron chi connectivity index (χ3n) is 6.50. The predicted molar refractivity (Wildman–Crippen MR) is 76.7 cm³/mol. The maximum Gasteiger partial charge on any atom is 0.338 e. The molecule has 4 fully saturated rings. The molecule has 1 aromatic carbocycles. The first-order valence-electron chi connectivity index (χ1n) is 8.10. The Bertz CT molecular complexity index is 598. The number of hydrogen-bond acceptors (Lipinski definition) is 3. The fraction of sp³-hybridized carbons (Fsp3) is 0.611. The molecule has 0 N–H and O–H groups in total. The molecule has 1 heterocycles. The van der Waals surface area contributed by atoms with Crippen molar-refractivity contribution in [3.63, 3.8) is 0 Å². The molecule has 3 nitrogen and oxygen atoms in total. The molecule has 4 aliphatic rings. The van der Waals surface area contributed by atoms with Gasteiger partial charge in [-0.15, -0.1) is 0 Å². The van der Waals surface area contributed by atoms with Crippen molar-refractivity contribution in [2.45, 2.75) is 44.0 Å². The van der Waals surface area contributed by atoms with Gasteiger partial charge >= 0.3 is 5.97 Å². The minimum atomic E-state index is -0.157. The lowest BCUT2D eigenvalue weighted by atomic mass is 9.76. The monoisotopic (exact) mass is 284 g/mol. The second kappa shape index (κ2) is 3.89. The van der Waals surface area contributed by atoms with Crippen LogP contribution in [0.1, 0.15) is 36.5 Å². The fourth-order valence-electron chi connectivity index (χ4n) is 5.66. The Kier molecular flexibility index (Phi) is 2.26. The highest BCUT2D eigenvalue weighted by Gasteiger charge is 2.73. The fourth-order valence-corrected chi connectivity index (χ4v) is 5.66. The van der Waals surface area contributed by atoms with Gasteiger partial charge < -0.3 is 9.47 Å². The number of epoxide rings is 1. The Hall–Kier alpha value is -1.35. The van der Waals surface area contributed by atoms with Gasteiger partial charge in [0.05, 0.1) is 17.3 Å². The third kappa shape index (κ3) is 1.56. The molecule has 3 saturated carbocycles. The van der Waals surface area contributed by atoms with Crippen molar-refractivity contribution >= 4 is 5.97 Å². The molecule has 1 aromatic rings. The van der Waals surface area contributed by atoms with Gasteiger partial charge in [0, 0.05) is 0 Å². The molecule has 0 amide bonds. The van der Waals surface area contributed by atoms with Crippen LogP contribution in [0.15, 0.2) is 30.3 Å². The minimum absolute atomic E-state index is 0.130. The van der Waals surface area contributed by atoms with E-state index in [1.165, 1.54) is 12.8 Å². The molecule has 7 atom stereocenters. The standard InChI is InChI=1S/C18H20O3/c1-18-15(21-18)9-13-12-7-11(16(13)18)8-14(12)20-17(19)10-5-3-2-4-6-10/h2-6,11-16H,7-9H2,1H3/t11-,12+,13+,14-,15-,16+,18+/m1/s1. The summed E-state index contributed by atoms with van der Waals surface area (Å²) < 4.78 is 11.7. The van der Waals surface area contributed by atoms with Crippen molar-refractivity contribution in [2.75, 3.05) is 0 Å². The molecular weight excluding hydrogens is 264 g/mol. The Morgan fingerprint density at radius 2 is 2.00 bits per heavy atom. The van der Waals surface area contributed by atoms with Crippen LogP contribution >= 0.6 is 0 Å². The Morgan fingerprint density at radius 3 is 2.81 bits per heavy atom. The van der Waals surface area contributed by atoms with Crippen LogP contribution in [0.5, 0.6) is 0 Å². The zero-order chi connectivity index (χ0) is 14.2. The molecule has 110 valence electrons. The summed E-state index contributed by atoms with van der Waals surface area (Å²) in [7, 11) is 0. The Morgan fingerprint density at radius 1 is 1.19 bits per heavy atom. The van der Waals surface area contributed by atoms with Gasteiger partial charge in [-0.25, -0.2) is 4.79 Å². The highest BCUT2D eigenvalue weighted by Crippen LogP contribution is 2.69. The molecule has 5 rings (SSSR count). The maximum absolute atomic E-state index is 12.3. The first kappa shape index (κ1) is 12.2. The number of hydrogen-bond donors (Lipinski definition) is 0. The number of benzene rings is 1. The Balaban J connectivity index is 1.32. The van der Waals surface area contributed by atoms with E-state index in [4.69, 9.17) is 9.47 Å². The van der Waals surface area contributed by atoms with Crippen molar-refractivity contribution in [1.29, 1.82) is 0 Å². The number of carbonyl (C=O) groups excluding carboxylic acids is 1. The van der Waals surface area contributed by atoms with Crippen LogP contribution in [0.4, 0.5) is 0 Å². The van der Waals surface area contributed by atoms with Crippen molar-refractivity contribution in [3.8, 4) is 0 Å². The summed E-state index contributed by atoms with van der Waals surface area (Å²) in [5.41, 5.74) is 0.833. The third-order valence-corrected chi connectivity index (χ3v) is 6.50. The zero-order valence-corrected chi connectivity index (χ0v) is 12.2. The van der Waals surface area contributed by atoms with E-state index in [2.05, 4.69) is 6.92 Å². The summed E-state index contributed by atoms with van der Waals surface area (Å²) in [6, 6.07) is 9.35. The van der Waals surface area contributed by atoms with Gasteiger partial charge in [0.2, 0.25) is 0 Å². The van der Waals surface area contributed by atoms with E-state index >= 15 is 0 Å². The average molecular weight is 284 g/mol. The van der Waals surface area contributed by atoms with Crippen LogP contribution in [0, 0.1) is 23.7 Å². The highest BCUT2D eigenvalue weighted by molar-refractivity contribution is 5.89. The number of ether oxygens (including phenoxy) is 2. The SMILES string of the molecule is C[C@]12O[C@@H]1C[C@H]1[C@@H]3C[C@H](C[C@H]3OC(=O)c3ccccc3)[C@@H]12. The van der Waals surface area contributed by atoms with E-state index in [-0.39, 0.29) is 17.7 Å². The van der Waals surface area contributed by atoms with Crippen LogP contribution in [0.2, 0.25) is 0 Å². The molecule has 0 radical (unpaired) electrons. The van der Waals surface area contributed by atoms with Crippen LogP contribution in [0.3, 0.4) is 0 Å². The topological polar surface area (TPSA) is 38.8 Å². The normalized spacial score (nSPS) is 48.8. The van der Waals surface area contributed by atoms with Gasteiger partial charge in [-0.3, -0.25) is 0 Å². The van der Waals surface area contributed by atoms with E-state index in [1.807, 2.05) is 30.3 Å². The zero-order valence-electron chi connectivity index (χ0n) is 12.2. The van der Waals surface area contributed by atoms with Crippen molar-refractivity contribution in [2.24, 2.45) is 23.7 Å². The van der Waals surface area contributed by atoms with Gasteiger partial charge in [0.15, 0.2) is 0 Å². The second-order valence-electron chi connectivity index (χ2n) is 7.42. The lowest BCUT2D eigenvalue weighted by molar-refractivity contribution is -0.0128. The van der Waals surface area contributed by atoms with Crippen LogP contribution < -0.4 is 0 Å². The smallest absolute Gasteiger partial charge is 0.338 e. The van der Waals surface area contributed by atoms with E-state index in [1.54, 1.807) is 0 Å². The van der Waals surface area contributed by atoms with E-state index in [9.17, 15) is 4.79 Å². The predicted octanol–water partition coefficient (Wildman–Crippen LogP) is 3.05. The van der Waals surface area contributed by atoms with Crippen molar-refractivity contribution in [1.82, 2.24) is 0 Å². The van der Waals surface area contributed by atoms with Crippen molar-refractivity contribution < 1.29 is 14.3 Å². The molecule has 1 aliphatic heterocycles. The molecule has 0 aromatic heterocycles. The summed E-state index contributed by atoms with van der Waals surface area (Å²) >= 11 is 0. The second-order valence-corrected chi connectivity index (χ2v) is 7.42. The first-order valence-corrected chi connectivity index (χ1v) is 8.10. The minimum Gasteiger partial charge on any atom is -0.458 e. The molecule has 0 unspecified atom stereocenters. The van der Waals surface area contributed by atoms with Gasteiger partial charge in [-0.05, 0) is 62.0 Å². The molecule has 0 spiro atoms. The van der Waals surface area contributed by atoms with E-state index < -0.39 is 0 Å². The first-order chi connectivity index (χ1) is 10.2. The summed E-state index contributed by atoms with van der Waals surface area (Å²) in [4.78, 5) is 12.3. The van der Waals surface area contributed by atoms with Crippen LogP contribution in [0.25, 0.3) is 0 Å². The largest absolute Gasteiger partial charge is 0.458 e. The molecule has 3 heteroatoms. The maximum atomic E-state index is 12.3. The van der Waals surface area contributed by atoms with E-state index in [0.29, 0.717) is 23.5 Å². The number of esters is 1. The summed E-state index contributed by atoms with van der Waals surface area (Å²) in [6.07, 6.45) is 4.07. The molecule has 1 saturated heterocycles. The van der Waals surface area contributed by atoms with Gasteiger partial charge in [0.1, 0.15) is 6.10 Å². The van der Waals surface area contributed by atoms with Crippen LogP contribution in [-0.4, -0.2) is 23.8 Å². The van der Waals surface area contributed by atoms with Gasteiger partial charge in [-0.1, -0.05) is 18.2 Å². The Labute approximate surface area is 124 Å². The van der Waals surface area contributed by atoms with Crippen molar-refractivity contribution in [3.05, 3.63) is 35.9 Å². The molecule has 2 bridgehead atoms. The van der Waals surface area contributed by atoms with Gasteiger partial charge in [0.25, 0.3) is 0 Å².